The third-order valence-corrected chi connectivity index (χ3v) is 6.03. The van der Waals surface area contributed by atoms with Crippen LogP contribution in [0, 0.1) is 0 Å². The molecule has 2 aromatic carbocycles. The molecule has 1 aromatic heterocycles. The van der Waals surface area contributed by atoms with E-state index in [1.165, 1.54) is 5.56 Å². The minimum atomic E-state index is -0.123. The van der Waals surface area contributed by atoms with Crippen LogP contribution in [0.25, 0.3) is 10.9 Å². The van der Waals surface area contributed by atoms with E-state index < -0.39 is 0 Å². The Morgan fingerprint density at radius 2 is 1.86 bits per heavy atom. The smallest absolute Gasteiger partial charge is 0.231 e. The molecule has 1 atom stereocenters. The van der Waals surface area contributed by atoms with Crippen molar-refractivity contribution < 1.29 is 14.3 Å². The number of aromatic nitrogens is 1. The number of nitrogens with zero attached hydrogens (tertiary/aromatic N) is 2. The third-order valence-electron chi connectivity index (χ3n) is 6.03. The molecule has 2 aliphatic heterocycles. The molecule has 0 radical (unpaired) electrons. The van der Waals surface area contributed by atoms with Gasteiger partial charge in [0.1, 0.15) is 0 Å². The molecule has 5 rings (SSSR count). The van der Waals surface area contributed by atoms with Crippen LogP contribution in [0.1, 0.15) is 22.8 Å². The number of hydrogen-bond donors (Lipinski definition) is 1. The van der Waals surface area contributed by atoms with Crippen LogP contribution in [0.4, 0.5) is 0 Å². The molecule has 0 bridgehead atoms. The van der Waals surface area contributed by atoms with Crippen LogP contribution in [0.15, 0.2) is 48.7 Å². The number of ether oxygens (including phenoxy) is 2. The number of carbonyl (C=O) groups excluding carboxylic acids is 1. The van der Waals surface area contributed by atoms with Gasteiger partial charge < -0.3 is 14.5 Å². The highest BCUT2D eigenvalue weighted by molar-refractivity contribution is 6.10. The zero-order valence-electron chi connectivity index (χ0n) is 16.6. The minimum absolute atomic E-state index is 0.123. The van der Waals surface area contributed by atoms with Crippen LogP contribution < -0.4 is 9.47 Å². The summed E-state index contributed by atoms with van der Waals surface area (Å²) in [6.07, 6.45) is 1.85. The topological polar surface area (TPSA) is 57.8 Å². The number of H-pyrrole nitrogens is 1. The summed E-state index contributed by atoms with van der Waals surface area (Å²) < 4.78 is 10.9. The normalized spacial score (nSPS) is 18.2. The summed E-state index contributed by atoms with van der Waals surface area (Å²) in [5.74, 6) is 1.84. The lowest BCUT2D eigenvalue weighted by Crippen LogP contribution is -2.51. The van der Waals surface area contributed by atoms with Crippen LogP contribution in [-0.2, 0) is 6.54 Å². The Balaban J connectivity index is 1.20. The fourth-order valence-electron chi connectivity index (χ4n) is 4.27. The predicted octanol–water partition coefficient (Wildman–Crippen LogP) is 3.29. The van der Waals surface area contributed by atoms with E-state index in [2.05, 4.69) is 26.9 Å². The quantitative estimate of drug-likeness (QED) is 0.677. The standard InChI is InChI=1S/C23H25N3O3/c1-16(23(27)19-13-24-20-5-3-2-4-18(19)20)26-10-8-25(9-11-26)14-17-6-7-21-22(12-17)29-15-28-21/h2-7,12-13,16,24H,8-11,14-15H2,1H3/t16-/m1/s1. The summed E-state index contributed by atoms with van der Waals surface area (Å²) in [7, 11) is 0. The summed E-state index contributed by atoms with van der Waals surface area (Å²) in [6.45, 7) is 6.88. The molecule has 1 N–H and O–H groups in total. The Kier molecular flexibility index (Phi) is 4.73. The molecule has 1 fully saturated rings. The second-order valence-corrected chi connectivity index (χ2v) is 7.79. The average molecular weight is 391 g/mol. The second kappa shape index (κ2) is 7.54. The number of rotatable bonds is 5. The van der Waals surface area contributed by atoms with Gasteiger partial charge in [0.15, 0.2) is 17.3 Å². The maximum atomic E-state index is 13.1. The molecule has 29 heavy (non-hydrogen) atoms. The van der Waals surface area contributed by atoms with Gasteiger partial charge in [0.05, 0.1) is 6.04 Å². The van der Waals surface area contributed by atoms with E-state index in [9.17, 15) is 4.79 Å². The van der Waals surface area contributed by atoms with Gasteiger partial charge in [-0.2, -0.15) is 0 Å². The van der Waals surface area contributed by atoms with Crippen LogP contribution in [-0.4, -0.2) is 59.6 Å². The average Bonchev–Trinajstić information content (AvgIpc) is 3.40. The first kappa shape index (κ1) is 18.2. The summed E-state index contributed by atoms with van der Waals surface area (Å²) in [6, 6.07) is 14.0. The molecule has 6 nitrogen and oxygen atoms in total. The highest BCUT2D eigenvalue weighted by Crippen LogP contribution is 2.33. The highest BCUT2D eigenvalue weighted by atomic mass is 16.7. The van der Waals surface area contributed by atoms with E-state index in [4.69, 9.17) is 9.47 Å². The molecule has 3 heterocycles. The fraction of sp³-hybridized carbons (Fsp3) is 0.348. The van der Waals surface area contributed by atoms with E-state index in [0.717, 1.165) is 60.7 Å². The van der Waals surface area contributed by atoms with Gasteiger partial charge >= 0.3 is 0 Å². The first-order valence-electron chi connectivity index (χ1n) is 10.1. The molecule has 0 amide bonds. The van der Waals surface area contributed by atoms with Gasteiger partial charge in [-0.05, 0) is 30.7 Å². The maximum absolute atomic E-state index is 13.1. The molecule has 0 unspecified atom stereocenters. The Labute approximate surface area is 170 Å². The van der Waals surface area contributed by atoms with E-state index in [0.29, 0.717) is 6.79 Å². The van der Waals surface area contributed by atoms with Gasteiger partial charge in [0.2, 0.25) is 6.79 Å². The largest absolute Gasteiger partial charge is 0.454 e. The van der Waals surface area contributed by atoms with Crippen LogP contribution in [0.5, 0.6) is 11.5 Å². The van der Waals surface area contributed by atoms with Crippen LogP contribution in [0.2, 0.25) is 0 Å². The lowest BCUT2D eigenvalue weighted by atomic mass is 10.0. The highest BCUT2D eigenvalue weighted by Gasteiger charge is 2.27. The van der Waals surface area contributed by atoms with E-state index in [1.54, 1.807) is 0 Å². The number of fused-ring (bicyclic) bond motifs is 2. The predicted molar refractivity (Wildman–Crippen MR) is 112 cm³/mol. The summed E-state index contributed by atoms with van der Waals surface area (Å²) in [4.78, 5) is 21.0. The summed E-state index contributed by atoms with van der Waals surface area (Å²) in [5.41, 5.74) is 3.03. The van der Waals surface area contributed by atoms with Crippen molar-refractivity contribution in [2.24, 2.45) is 0 Å². The molecule has 3 aromatic rings. The maximum Gasteiger partial charge on any atom is 0.231 e. The van der Waals surface area contributed by atoms with Gasteiger partial charge in [-0.1, -0.05) is 24.3 Å². The number of hydrogen-bond acceptors (Lipinski definition) is 5. The number of piperazine rings is 1. The van der Waals surface area contributed by atoms with Crippen molar-refractivity contribution in [2.75, 3.05) is 33.0 Å². The van der Waals surface area contributed by atoms with Crippen molar-refractivity contribution in [1.82, 2.24) is 14.8 Å². The van der Waals surface area contributed by atoms with Crippen molar-refractivity contribution in [1.29, 1.82) is 0 Å². The molecule has 0 spiro atoms. The second-order valence-electron chi connectivity index (χ2n) is 7.79. The third kappa shape index (κ3) is 3.50. The molecule has 0 saturated carbocycles. The Bertz CT molecular complexity index is 1040. The van der Waals surface area contributed by atoms with Gasteiger partial charge in [0.25, 0.3) is 0 Å². The van der Waals surface area contributed by atoms with Gasteiger partial charge in [-0.3, -0.25) is 14.6 Å². The Morgan fingerprint density at radius 1 is 1.07 bits per heavy atom. The SMILES string of the molecule is C[C@H](C(=O)c1c[nH]c2ccccc12)N1CCN(Cc2ccc3c(c2)OCO3)CC1. The number of carbonyl (C=O) groups is 1. The zero-order chi connectivity index (χ0) is 19.8. The van der Waals surface area contributed by atoms with Crippen molar-refractivity contribution in [3.63, 3.8) is 0 Å². The molecule has 0 aliphatic carbocycles. The molecule has 1 saturated heterocycles. The first-order valence-corrected chi connectivity index (χ1v) is 10.1. The Hall–Kier alpha value is -2.83. The van der Waals surface area contributed by atoms with E-state index in [-0.39, 0.29) is 11.8 Å². The van der Waals surface area contributed by atoms with E-state index >= 15 is 0 Å². The lowest BCUT2D eigenvalue weighted by Gasteiger charge is -2.37. The van der Waals surface area contributed by atoms with E-state index in [1.807, 2.05) is 43.5 Å². The van der Waals surface area contributed by atoms with Crippen molar-refractivity contribution in [3.8, 4) is 11.5 Å². The van der Waals surface area contributed by atoms with Crippen LogP contribution >= 0.6 is 0 Å². The first-order chi connectivity index (χ1) is 14.2. The molecule has 150 valence electrons. The number of Topliss-reactive ketones (excluding diaryl/α,β-unsaturated/α-hetero) is 1. The minimum Gasteiger partial charge on any atom is -0.454 e. The number of aromatic amines is 1. The Morgan fingerprint density at radius 3 is 2.72 bits per heavy atom. The number of ketones is 1. The molecule has 2 aliphatic rings. The van der Waals surface area contributed by atoms with Gasteiger partial charge in [0, 0.05) is 55.4 Å². The molecular formula is C23H25N3O3. The lowest BCUT2D eigenvalue weighted by molar-refractivity contribution is 0.0688. The van der Waals surface area contributed by atoms with Crippen LogP contribution in [0.3, 0.4) is 0 Å². The van der Waals surface area contributed by atoms with Crippen molar-refractivity contribution >= 4 is 16.7 Å². The molecule has 6 heteroatoms. The molecular weight excluding hydrogens is 366 g/mol. The zero-order valence-corrected chi connectivity index (χ0v) is 16.6. The summed E-state index contributed by atoms with van der Waals surface area (Å²) in [5, 5.41) is 1.01. The number of nitrogens with one attached hydrogen (secondary N) is 1. The van der Waals surface area contributed by atoms with Crippen molar-refractivity contribution in [2.45, 2.75) is 19.5 Å². The fourth-order valence-corrected chi connectivity index (χ4v) is 4.27. The number of para-hydroxylation sites is 1. The van der Waals surface area contributed by atoms with Crippen molar-refractivity contribution in [3.05, 3.63) is 59.8 Å². The van der Waals surface area contributed by atoms with Gasteiger partial charge in [-0.25, -0.2) is 0 Å². The number of benzene rings is 2. The monoisotopic (exact) mass is 391 g/mol. The summed E-state index contributed by atoms with van der Waals surface area (Å²) >= 11 is 0. The van der Waals surface area contributed by atoms with Gasteiger partial charge in [-0.15, -0.1) is 0 Å².